The second-order valence-electron chi connectivity index (χ2n) is 12.2. The number of piperidine rings is 1. The molecule has 5 heterocycles. The molecule has 222 valence electrons. The number of nitrogens with zero attached hydrogens (tertiary/aromatic N) is 6. The number of carboxylic acids is 1. The van der Waals surface area contributed by atoms with E-state index in [4.69, 9.17) is 38.0 Å². The van der Waals surface area contributed by atoms with Crippen LogP contribution in [0.4, 0.5) is 5.95 Å². The van der Waals surface area contributed by atoms with Gasteiger partial charge < -0.3 is 19.6 Å². The first-order valence-electron chi connectivity index (χ1n) is 14.6. The number of likely N-dealkylation sites (tertiary alicyclic amines) is 2. The van der Waals surface area contributed by atoms with Crippen LogP contribution in [0.2, 0.25) is 10.0 Å². The minimum Gasteiger partial charge on any atom is -0.481 e. The van der Waals surface area contributed by atoms with E-state index in [1.165, 1.54) is 12.8 Å². The normalized spacial score (nSPS) is 21.8. The molecule has 0 bridgehead atoms. The van der Waals surface area contributed by atoms with E-state index >= 15 is 0 Å². The summed E-state index contributed by atoms with van der Waals surface area (Å²) in [4.78, 5) is 32.2. The van der Waals surface area contributed by atoms with Gasteiger partial charge in [0.1, 0.15) is 0 Å². The van der Waals surface area contributed by atoms with Crippen molar-refractivity contribution in [3.8, 4) is 22.9 Å². The lowest BCUT2D eigenvalue weighted by Crippen LogP contribution is -2.33. The van der Waals surface area contributed by atoms with Crippen LogP contribution in [-0.2, 0) is 11.3 Å². The topological polar surface area (TPSA) is 94.9 Å². The maximum absolute atomic E-state index is 11.1. The lowest BCUT2D eigenvalue weighted by atomic mass is 9.86. The molecule has 0 amide bonds. The number of ether oxygens (including phenoxy) is 1. The molecule has 3 saturated heterocycles. The van der Waals surface area contributed by atoms with Crippen LogP contribution in [-0.4, -0.2) is 82.1 Å². The van der Waals surface area contributed by atoms with Crippen molar-refractivity contribution in [2.75, 3.05) is 51.2 Å². The van der Waals surface area contributed by atoms with E-state index in [1.54, 1.807) is 18.5 Å². The Balaban J connectivity index is 1.19. The third kappa shape index (κ3) is 6.97. The summed E-state index contributed by atoms with van der Waals surface area (Å²) < 4.78 is 6.21. The van der Waals surface area contributed by atoms with E-state index in [0.29, 0.717) is 39.3 Å². The van der Waals surface area contributed by atoms with E-state index in [2.05, 4.69) is 31.7 Å². The van der Waals surface area contributed by atoms with Gasteiger partial charge >= 0.3 is 5.97 Å². The van der Waals surface area contributed by atoms with Crippen molar-refractivity contribution in [1.29, 1.82) is 0 Å². The highest BCUT2D eigenvalue weighted by atomic mass is 35.5. The average Bonchev–Trinajstić information content (AvgIpc) is 3.54. The largest absolute Gasteiger partial charge is 0.481 e. The Morgan fingerprint density at radius 3 is 2.38 bits per heavy atom. The third-order valence-electron chi connectivity index (χ3n) is 8.78. The summed E-state index contributed by atoms with van der Waals surface area (Å²) in [6, 6.07) is 9.34. The SMILES string of the molecule is CN1CCC2(CCN(c3ncc(Oc4cc(CN5CCC(CC(=O)O)CC5)cc(-c5cc(Cl)cc(Cl)c5)n4)cn3)C2)C1. The number of pyridine rings is 1. The van der Waals surface area contributed by atoms with Gasteiger partial charge in [-0.15, -0.1) is 0 Å². The van der Waals surface area contributed by atoms with Gasteiger partial charge in [-0.3, -0.25) is 9.69 Å². The van der Waals surface area contributed by atoms with E-state index in [-0.39, 0.29) is 12.3 Å². The van der Waals surface area contributed by atoms with E-state index in [9.17, 15) is 4.79 Å². The highest BCUT2D eigenvalue weighted by Gasteiger charge is 2.43. The predicted molar refractivity (Wildman–Crippen MR) is 163 cm³/mol. The number of benzene rings is 1. The van der Waals surface area contributed by atoms with Crippen molar-refractivity contribution < 1.29 is 14.6 Å². The molecule has 3 fully saturated rings. The van der Waals surface area contributed by atoms with E-state index < -0.39 is 5.97 Å². The first-order chi connectivity index (χ1) is 20.2. The van der Waals surface area contributed by atoms with Gasteiger partial charge in [0.25, 0.3) is 0 Å². The molecule has 0 aliphatic carbocycles. The Hall–Kier alpha value is -2.98. The zero-order valence-corrected chi connectivity index (χ0v) is 25.3. The number of aromatic nitrogens is 3. The maximum Gasteiger partial charge on any atom is 0.303 e. The zero-order valence-electron chi connectivity index (χ0n) is 23.8. The van der Waals surface area contributed by atoms with Crippen LogP contribution in [0.15, 0.2) is 42.7 Å². The minimum absolute atomic E-state index is 0.229. The molecule has 9 nitrogen and oxygen atoms in total. The smallest absolute Gasteiger partial charge is 0.303 e. The second kappa shape index (κ2) is 12.3. The monoisotopic (exact) mass is 610 g/mol. The molecule has 2 aromatic heterocycles. The lowest BCUT2D eigenvalue weighted by Gasteiger charge is -2.31. The Morgan fingerprint density at radius 2 is 1.71 bits per heavy atom. The fourth-order valence-corrected chi connectivity index (χ4v) is 7.18. The molecular weight excluding hydrogens is 575 g/mol. The maximum atomic E-state index is 11.1. The van der Waals surface area contributed by atoms with Gasteiger partial charge in [0.05, 0.1) is 18.1 Å². The first kappa shape index (κ1) is 29.1. The Bertz CT molecular complexity index is 1410. The van der Waals surface area contributed by atoms with Crippen LogP contribution < -0.4 is 9.64 Å². The second-order valence-corrected chi connectivity index (χ2v) is 13.0. The quantitative estimate of drug-likeness (QED) is 0.336. The number of carbonyl (C=O) groups is 1. The Morgan fingerprint density at radius 1 is 1.00 bits per heavy atom. The molecule has 11 heteroatoms. The number of hydrogen-bond acceptors (Lipinski definition) is 8. The van der Waals surface area contributed by atoms with Crippen LogP contribution in [0.3, 0.4) is 0 Å². The summed E-state index contributed by atoms with van der Waals surface area (Å²) in [7, 11) is 2.19. The Kier molecular flexibility index (Phi) is 8.54. The highest BCUT2D eigenvalue weighted by Crippen LogP contribution is 2.40. The van der Waals surface area contributed by atoms with Crippen molar-refractivity contribution in [2.45, 2.75) is 38.6 Å². The standard InChI is InChI=1S/C31H36Cl2N6O3/c1-37-8-4-31(19-37)5-9-39(20-31)30-34-16-26(17-35-30)42-28-11-22(18-38-6-2-21(3-7-38)12-29(40)41)10-27(36-28)23-13-24(32)15-25(33)14-23/h10-11,13-17,21H,2-9,12,18-20H2,1H3,(H,40,41). The van der Waals surface area contributed by atoms with Gasteiger partial charge in [-0.25, -0.2) is 15.0 Å². The summed E-state index contributed by atoms with van der Waals surface area (Å²) in [6.45, 7) is 6.63. The molecule has 1 unspecified atom stereocenters. The molecule has 3 aliphatic rings. The van der Waals surface area contributed by atoms with Gasteiger partial charge in [-0.2, -0.15) is 0 Å². The van der Waals surface area contributed by atoms with Gasteiger partial charge in [0.15, 0.2) is 5.75 Å². The number of rotatable bonds is 8. The molecule has 3 aromatic rings. The van der Waals surface area contributed by atoms with E-state index in [0.717, 1.165) is 69.2 Å². The average molecular weight is 612 g/mol. The van der Waals surface area contributed by atoms with E-state index in [1.807, 2.05) is 24.3 Å². The molecule has 0 radical (unpaired) electrons. The van der Waals surface area contributed by atoms with Gasteiger partial charge in [-0.1, -0.05) is 23.2 Å². The van der Waals surface area contributed by atoms with Crippen molar-refractivity contribution in [3.63, 3.8) is 0 Å². The fourth-order valence-electron chi connectivity index (χ4n) is 6.65. The van der Waals surface area contributed by atoms with Crippen LogP contribution in [0.1, 0.15) is 37.7 Å². The van der Waals surface area contributed by atoms with Crippen LogP contribution in [0.5, 0.6) is 11.6 Å². The number of aliphatic carboxylic acids is 1. The molecule has 1 N–H and O–H groups in total. The highest BCUT2D eigenvalue weighted by molar-refractivity contribution is 6.35. The molecular formula is C31H36Cl2N6O3. The minimum atomic E-state index is -0.725. The number of carboxylic acid groups (broad SMARTS) is 1. The molecule has 3 aliphatic heterocycles. The van der Waals surface area contributed by atoms with Gasteiger partial charge in [0.2, 0.25) is 11.8 Å². The van der Waals surface area contributed by atoms with Crippen molar-refractivity contribution in [2.24, 2.45) is 11.3 Å². The zero-order chi connectivity index (χ0) is 29.3. The summed E-state index contributed by atoms with van der Waals surface area (Å²) in [5, 5.41) is 10.2. The number of anilines is 1. The summed E-state index contributed by atoms with van der Waals surface area (Å²) in [5.41, 5.74) is 2.88. The number of halogens is 2. The molecule has 0 saturated carbocycles. The molecule has 42 heavy (non-hydrogen) atoms. The molecule has 6 rings (SSSR count). The summed E-state index contributed by atoms with van der Waals surface area (Å²) in [6.07, 6.45) is 7.80. The first-order valence-corrected chi connectivity index (χ1v) is 15.3. The summed E-state index contributed by atoms with van der Waals surface area (Å²) in [5.74, 6) is 1.19. The van der Waals surface area contributed by atoms with Gasteiger partial charge in [-0.05, 0) is 88.1 Å². The fraction of sp³-hybridized carbons (Fsp3) is 0.484. The van der Waals surface area contributed by atoms with Gasteiger partial charge in [0, 0.05) is 59.7 Å². The number of hydrogen-bond donors (Lipinski definition) is 1. The lowest BCUT2D eigenvalue weighted by molar-refractivity contribution is -0.138. The van der Waals surface area contributed by atoms with Crippen LogP contribution >= 0.6 is 23.2 Å². The third-order valence-corrected chi connectivity index (χ3v) is 9.22. The van der Waals surface area contributed by atoms with Crippen molar-refractivity contribution >= 4 is 35.1 Å². The Labute approximate surface area is 256 Å². The van der Waals surface area contributed by atoms with Crippen LogP contribution in [0, 0.1) is 11.3 Å². The molecule has 1 aromatic carbocycles. The molecule has 1 spiro atoms. The van der Waals surface area contributed by atoms with Crippen molar-refractivity contribution in [1.82, 2.24) is 24.8 Å². The van der Waals surface area contributed by atoms with Crippen LogP contribution in [0.25, 0.3) is 11.3 Å². The molecule has 1 atom stereocenters. The summed E-state index contributed by atoms with van der Waals surface area (Å²) >= 11 is 12.6. The van der Waals surface area contributed by atoms with Crippen molar-refractivity contribution in [3.05, 3.63) is 58.3 Å². The predicted octanol–water partition coefficient (Wildman–Crippen LogP) is 5.86.